The first-order valence-corrected chi connectivity index (χ1v) is 34.5. The number of nitrogens with two attached hydrogens (primary N) is 4. The minimum atomic E-state index is -0.786. The minimum absolute atomic E-state index is 0.0400. The molecule has 11 heterocycles. The van der Waals surface area contributed by atoms with Crippen molar-refractivity contribution >= 4 is 114 Å². The van der Waals surface area contributed by atoms with Gasteiger partial charge >= 0.3 is 0 Å². The number of nitrogens with one attached hydrogen (secondary N) is 4. The zero-order valence-corrected chi connectivity index (χ0v) is 62.1. The summed E-state index contributed by atoms with van der Waals surface area (Å²) in [6, 6.07) is 42.3. The van der Waals surface area contributed by atoms with Crippen LogP contribution in [-0.2, 0) is 0 Å². The number of hydrogen-bond donors (Lipinski definition) is 8. The number of hydrogen-bond acceptors (Lipinski definition) is 26. The average molecular weight is 1570 g/mol. The average Bonchev–Trinajstić information content (AvgIpc) is 1.60. The first-order chi connectivity index (χ1) is 54.9. The van der Waals surface area contributed by atoms with Crippen LogP contribution >= 0.6 is 11.6 Å². The summed E-state index contributed by atoms with van der Waals surface area (Å²) in [5, 5.41) is 12.2. The molecule has 114 heavy (non-hydrogen) atoms. The zero-order valence-electron chi connectivity index (χ0n) is 61.4. The first-order valence-electron chi connectivity index (χ1n) is 34.1. The van der Waals surface area contributed by atoms with Gasteiger partial charge in [-0.15, -0.1) is 0 Å². The highest BCUT2D eigenvalue weighted by Crippen LogP contribution is 2.38. The Hall–Kier alpha value is -15.0. The number of nitrogen functional groups attached to an aromatic ring is 4. The largest absolute Gasteiger partial charge is 0.497 e. The summed E-state index contributed by atoms with van der Waals surface area (Å²) in [4.78, 5) is 51.3. The number of pyridine rings is 2. The van der Waals surface area contributed by atoms with Crippen LogP contribution in [-0.4, -0.2) is 113 Å². The second kappa shape index (κ2) is 31.9. The molecule has 0 saturated carbocycles. The van der Waals surface area contributed by atoms with Crippen molar-refractivity contribution in [1.29, 1.82) is 0 Å². The monoisotopic (exact) mass is 1570 g/mol. The van der Waals surface area contributed by atoms with E-state index in [4.69, 9.17) is 63.0 Å². The summed E-state index contributed by atoms with van der Waals surface area (Å²) >= 11 is 5.86. The van der Waals surface area contributed by atoms with Gasteiger partial charge in [0.05, 0.1) is 61.9 Å². The molecule has 0 atom stereocenters. The molecule has 0 aliphatic carbocycles. The molecule has 1 aliphatic rings. The fourth-order valence-electron chi connectivity index (χ4n) is 11.9. The number of nitrogens with zero attached hydrogens (tertiary/aromatic N) is 16. The maximum Gasteiger partial charge on any atom is 0.239 e. The highest BCUT2D eigenvalue weighted by molar-refractivity contribution is 6.30. The lowest BCUT2D eigenvalue weighted by atomic mass is 10.2. The van der Waals surface area contributed by atoms with Crippen molar-refractivity contribution in [2.45, 2.75) is 27.7 Å². The Morgan fingerprint density at radius 2 is 0.737 bits per heavy atom. The van der Waals surface area contributed by atoms with Gasteiger partial charge in [-0.3, -0.25) is 17.9 Å². The van der Waals surface area contributed by atoms with E-state index in [0.717, 1.165) is 16.6 Å². The van der Waals surface area contributed by atoms with Gasteiger partial charge in [0.1, 0.15) is 69.0 Å². The Morgan fingerprint density at radius 3 is 1.15 bits per heavy atom. The van der Waals surface area contributed by atoms with Crippen LogP contribution in [0.3, 0.4) is 0 Å². The number of halogens is 7. The minimum Gasteiger partial charge on any atom is -0.497 e. The van der Waals surface area contributed by atoms with E-state index in [9.17, 15) is 26.3 Å². The first kappa shape index (κ1) is 75.8. The number of rotatable bonds is 16. The third-order valence-electron chi connectivity index (χ3n) is 17.3. The van der Waals surface area contributed by atoms with Crippen molar-refractivity contribution in [2.75, 3.05) is 79.4 Å². The molecule has 0 fully saturated rings. The molecule has 0 bridgehead atoms. The van der Waals surface area contributed by atoms with E-state index in [-0.39, 0.29) is 76.9 Å². The highest BCUT2D eigenvalue weighted by Gasteiger charge is 2.25. The quantitative estimate of drug-likeness (QED) is 0.0417. The topological polar surface area (TPSA) is 381 Å². The second-order valence-corrected chi connectivity index (χ2v) is 25.2. The van der Waals surface area contributed by atoms with E-state index in [0.29, 0.717) is 114 Å². The summed E-state index contributed by atoms with van der Waals surface area (Å²) in [5.41, 5.74) is 31.5. The SMILES string of the molecule is COc1ccc(Nc2nc(-c3c(C)nc4ccc(F)cn34)nc(N)c2F)cc1.COc1ccc(Nc2nc(-n3c(C)nc4ccc(OC)cc43)nc(N)c2F)cc1.COc1ccc2nc(C)n(-c3nc(N)c(F)c(Nc4ccc5c(c4)OCO5)n3)c2c1.Cc1nc2ccc(F)cn2c1-c1nc(N)c(F)c(Nc2ccc(Cl)cc2)n1. The molecule has 37 heteroatoms. The molecule has 12 N–H and O–H groups in total. The van der Waals surface area contributed by atoms with Gasteiger partial charge < -0.3 is 72.6 Å². The number of methoxy groups -OCH3 is 4. The lowest BCUT2D eigenvalue weighted by Crippen LogP contribution is -2.10. The Kier molecular flexibility index (Phi) is 21.2. The molecule has 0 radical (unpaired) electrons. The van der Waals surface area contributed by atoms with Crippen LogP contribution in [0, 0.1) is 62.6 Å². The maximum atomic E-state index is 14.7. The van der Waals surface area contributed by atoms with E-state index in [2.05, 4.69) is 81.1 Å². The van der Waals surface area contributed by atoms with Crippen molar-refractivity contribution in [1.82, 2.24) is 77.7 Å². The number of fused-ring (bicyclic) bond motifs is 5. The summed E-state index contributed by atoms with van der Waals surface area (Å²) in [6.45, 7) is 7.23. The van der Waals surface area contributed by atoms with Gasteiger partial charge in [-0.1, -0.05) is 11.6 Å². The van der Waals surface area contributed by atoms with Crippen LogP contribution in [0.1, 0.15) is 23.0 Å². The summed E-state index contributed by atoms with van der Waals surface area (Å²) < 4.78 is 124. The Bertz CT molecular complexity index is 6340. The van der Waals surface area contributed by atoms with Crippen LogP contribution < -0.4 is 72.6 Å². The fourth-order valence-corrected chi connectivity index (χ4v) is 12.0. The number of imidazole rings is 4. The molecule has 0 unspecified atom stereocenters. The van der Waals surface area contributed by atoms with Crippen LogP contribution in [0.25, 0.3) is 68.3 Å². The normalized spacial score (nSPS) is 11.4. The molecule has 10 aromatic heterocycles. The van der Waals surface area contributed by atoms with Gasteiger partial charge in [0, 0.05) is 58.4 Å². The predicted octanol–water partition coefficient (Wildman–Crippen LogP) is 15.0. The van der Waals surface area contributed by atoms with E-state index < -0.39 is 34.9 Å². The van der Waals surface area contributed by atoms with E-state index in [1.165, 1.54) is 45.5 Å². The third kappa shape index (κ3) is 15.8. The van der Waals surface area contributed by atoms with Crippen LogP contribution in [0.2, 0.25) is 5.02 Å². The smallest absolute Gasteiger partial charge is 0.239 e. The molecular formula is C77H65ClF6N24O6. The maximum absolute atomic E-state index is 14.7. The van der Waals surface area contributed by atoms with E-state index >= 15 is 0 Å². The molecule has 6 aromatic carbocycles. The van der Waals surface area contributed by atoms with Crippen molar-refractivity contribution in [2.24, 2.45) is 0 Å². The number of anilines is 12. The molecule has 16 aromatic rings. The van der Waals surface area contributed by atoms with Gasteiger partial charge in [-0.2, -0.15) is 37.5 Å². The van der Waals surface area contributed by atoms with Gasteiger partial charge in [-0.05, 0) is 161 Å². The molecule has 30 nitrogen and oxygen atoms in total. The van der Waals surface area contributed by atoms with Crippen LogP contribution in [0.15, 0.2) is 164 Å². The van der Waals surface area contributed by atoms with Crippen molar-refractivity contribution in [3.8, 4) is 69.4 Å². The van der Waals surface area contributed by atoms with Crippen LogP contribution in [0.5, 0.6) is 34.5 Å². The lowest BCUT2D eigenvalue weighted by Gasteiger charge is -2.12. The number of aryl methyl sites for hydroxylation is 4. The summed E-state index contributed by atoms with van der Waals surface area (Å²) in [7, 11) is 6.29. The number of aromatic nitrogens is 16. The number of ether oxygens (including phenoxy) is 6. The van der Waals surface area contributed by atoms with Crippen LogP contribution in [0.4, 0.5) is 95.6 Å². The molecule has 578 valence electrons. The summed E-state index contributed by atoms with van der Waals surface area (Å²) in [5.74, 6) is 0.274. The molecular weight excluding hydrogens is 1510 g/mol. The van der Waals surface area contributed by atoms with Gasteiger partial charge in [0.2, 0.25) is 42.0 Å². The molecule has 17 rings (SSSR count). The Balaban J connectivity index is 0.000000126. The molecule has 0 amide bonds. The van der Waals surface area contributed by atoms with Gasteiger partial charge in [-0.25, -0.2) is 48.7 Å². The van der Waals surface area contributed by atoms with Crippen molar-refractivity contribution in [3.05, 3.63) is 227 Å². The van der Waals surface area contributed by atoms with E-state index in [1.54, 1.807) is 149 Å². The van der Waals surface area contributed by atoms with Gasteiger partial charge in [0.25, 0.3) is 0 Å². The third-order valence-corrected chi connectivity index (χ3v) is 17.6. The standard InChI is InChI=1S/C20H17FN6O3.C20H19FN6O2.C19H16F2N6O.C18H13ClF2N6/c1-10-23-13-5-4-12(28-2)8-14(13)27(10)20-25-18(22)17(21)19(26-20)24-11-3-6-15-16(7-11)30-9-29-15;1-11-23-15-9-8-14(29-3)10-16(15)27(11)20-25-18(22)17(21)19(26-20)24-12-4-6-13(28-2)7-5-12;1-10-16(27-9-11(20)3-8-14(27)23-10)19-25-17(22)15(21)18(26-19)24-12-4-6-13(28-2)7-5-12;1-9-15(27-8-11(20)4-7-13(27)23-9)18-25-16(22)14(21)17(26-18)24-12-5-2-10(19)3-6-12/h3-8H,9H2,1-2H3,(H3,22,24,25,26);4-10H,1-3H3,(H3,22,24,25,26);3-9H,1-2H3,(H3,22,24,25,26);2-8H,1H3,(H3,22,24,25,26). The molecule has 0 saturated heterocycles. The molecule has 0 spiro atoms. The Morgan fingerprint density at radius 1 is 0.377 bits per heavy atom. The second-order valence-electron chi connectivity index (χ2n) is 24.8. The van der Waals surface area contributed by atoms with Gasteiger partial charge in [0.15, 0.2) is 69.7 Å². The highest BCUT2D eigenvalue weighted by atomic mass is 35.5. The molecule has 1 aliphatic heterocycles. The Labute approximate surface area is 647 Å². The fraction of sp³-hybridized carbons (Fsp3) is 0.117. The van der Waals surface area contributed by atoms with Crippen molar-refractivity contribution in [3.63, 3.8) is 0 Å². The lowest BCUT2D eigenvalue weighted by molar-refractivity contribution is 0.174. The zero-order chi connectivity index (χ0) is 80.3. The van der Waals surface area contributed by atoms with E-state index in [1.807, 2.05) is 43.3 Å². The number of benzene rings is 6. The predicted molar refractivity (Wildman–Crippen MR) is 418 cm³/mol. The summed E-state index contributed by atoms with van der Waals surface area (Å²) in [6.07, 6.45) is 2.53. The van der Waals surface area contributed by atoms with Crippen molar-refractivity contribution < 1.29 is 54.8 Å².